The van der Waals surface area contributed by atoms with Gasteiger partial charge in [0.1, 0.15) is 5.75 Å². The monoisotopic (exact) mass is 451 g/mol. The lowest BCUT2D eigenvalue weighted by Crippen LogP contribution is -2.45. The van der Waals surface area contributed by atoms with Crippen molar-refractivity contribution in [1.82, 2.24) is 10.2 Å². The highest BCUT2D eigenvalue weighted by atomic mass is 16.5. The second-order valence-corrected chi connectivity index (χ2v) is 8.30. The van der Waals surface area contributed by atoms with E-state index in [9.17, 15) is 14.4 Å². The molecule has 1 aliphatic rings. The molecule has 0 saturated carbocycles. The molecule has 2 N–H and O–H groups in total. The lowest BCUT2D eigenvalue weighted by Gasteiger charge is -2.32. The Labute approximate surface area is 195 Å². The van der Waals surface area contributed by atoms with Crippen LogP contribution in [0.1, 0.15) is 44.6 Å². The fourth-order valence-corrected chi connectivity index (χ4v) is 3.84. The minimum Gasteiger partial charge on any atom is -0.493 e. The number of carbonyl (C=O) groups excluding carboxylic acids is 3. The van der Waals surface area contributed by atoms with E-state index in [2.05, 4.69) is 10.6 Å². The minimum atomic E-state index is -0.203. The molecule has 7 nitrogen and oxygen atoms in total. The third-order valence-corrected chi connectivity index (χ3v) is 5.65. The standard InChI is InChI=1S/C26H33N3O4/c1-2-7-24(30)28-22-13-11-20(12-14-22)18-27-26(32)21-8-6-16-29(19-21)25(31)15-17-33-23-9-4-3-5-10-23/h3-5,9-14,21H,2,6-8,15-19H2,1H3,(H,27,32)(H,28,30). The van der Waals surface area contributed by atoms with E-state index in [1.54, 1.807) is 4.90 Å². The molecule has 33 heavy (non-hydrogen) atoms. The van der Waals surface area contributed by atoms with Crippen molar-refractivity contribution in [3.8, 4) is 5.75 Å². The summed E-state index contributed by atoms with van der Waals surface area (Å²) in [5.74, 6) is 0.530. The van der Waals surface area contributed by atoms with Crippen LogP contribution in [-0.4, -0.2) is 42.3 Å². The van der Waals surface area contributed by atoms with Crippen molar-refractivity contribution in [2.45, 2.75) is 45.6 Å². The molecule has 0 aliphatic carbocycles. The molecule has 0 spiro atoms. The maximum Gasteiger partial charge on any atom is 0.226 e. The van der Waals surface area contributed by atoms with Crippen LogP contribution in [0.2, 0.25) is 0 Å². The summed E-state index contributed by atoms with van der Waals surface area (Å²) in [5, 5.41) is 5.84. The van der Waals surface area contributed by atoms with Gasteiger partial charge in [0.25, 0.3) is 0 Å². The summed E-state index contributed by atoms with van der Waals surface area (Å²) in [4.78, 5) is 38.7. The number of piperidine rings is 1. The molecular weight excluding hydrogens is 418 g/mol. The van der Waals surface area contributed by atoms with Crippen molar-refractivity contribution in [3.05, 3.63) is 60.2 Å². The van der Waals surface area contributed by atoms with Gasteiger partial charge >= 0.3 is 0 Å². The molecule has 0 radical (unpaired) electrons. The molecule has 1 saturated heterocycles. The van der Waals surface area contributed by atoms with Gasteiger partial charge in [-0.05, 0) is 49.1 Å². The van der Waals surface area contributed by atoms with Gasteiger partial charge in [0.2, 0.25) is 17.7 Å². The maximum absolute atomic E-state index is 12.7. The molecule has 7 heteroatoms. The zero-order chi connectivity index (χ0) is 23.5. The summed E-state index contributed by atoms with van der Waals surface area (Å²) in [6.45, 7) is 3.83. The number of hydrogen-bond acceptors (Lipinski definition) is 4. The Hall–Kier alpha value is -3.35. The van der Waals surface area contributed by atoms with Gasteiger partial charge in [-0.2, -0.15) is 0 Å². The Balaban J connectivity index is 1.40. The molecule has 1 heterocycles. The second-order valence-electron chi connectivity index (χ2n) is 8.30. The van der Waals surface area contributed by atoms with E-state index >= 15 is 0 Å². The van der Waals surface area contributed by atoms with Crippen LogP contribution in [0, 0.1) is 5.92 Å². The van der Waals surface area contributed by atoms with Crippen LogP contribution in [0.5, 0.6) is 5.75 Å². The van der Waals surface area contributed by atoms with E-state index < -0.39 is 0 Å². The Morgan fingerprint density at radius 3 is 2.52 bits per heavy atom. The summed E-state index contributed by atoms with van der Waals surface area (Å²) in [7, 11) is 0. The lowest BCUT2D eigenvalue weighted by atomic mass is 9.96. The van der Waals surface area contributed by atoms with Gasteiger partial charge in [0.05, 0.1) is 18.9 Å². The Morgan fingerprint density at radius 1 is 1.03 bits per heavy atom. The number of nitrogens with one attached hydrogen (secondary N) is 2. The highest BCUT2D eigenvalue weighted by Crippen LogP contribution is 2.18. The molecule has 3 rings (SSSR count). The van der Waals surface area contributed by atoms with Crippen LogP contribution in [0.25, 0.3) is 0 Å². The van der Waals surface area contributed by atoms with Gasteiger partial charge in [-0.3, -0.25) is 14.4 Å². The molecule has 176 valence electrons. The first kappa shape index (κ1) is 24.3. The van der Waals surface area contributed by atoms with Gasteiger partial charge in [-0.15, -0.1) is 0 Å². The molecule has 1 fully saturated rings. The molecule has 1 aliphatic heterocycles. The molecule has 0 bridgehead atoms. The predicted octanol–water partition coefficient (Wildman–Crippen LogP) is 3.75. The average Bonchev–Trinajstić information content (AvgIpc) is 2.84. The second kappa shape index (κ2) is 12.6. The summed E-state index contributed by atoms with van der Waals surface area (Å²) in [6, 6.07) is 16.9. The van der Waals surface area contributed by atoms with Crippen molar-refractivity contribution < 1.29 is 19.1 Å². The SMILES string of the molecule is CCCC(=O)Nc1ccc(CNC(=O)C2CCCN(C(=O)CCOc3ccccc3)C2)cc1. The summed E-state index contributed by atoms with van der Waals surface area (Å²) >= 11 is 0. The molecule has 1 atom stereocenters. The third-order valence-electron chi connectivity index (χ3n) is 5.65. The van der Waals surface area contributed by atoms with Crippen molar-refractivity contribution in [2.75, 3.05) is 25.0 Å². The number of rotatable bonds is 10. The van der Waals surface area contributed by atoms with Crippen LogP contribution in [0.15, 0.2) is 54.6 Å². The summed E-state index contributed by atoms with van der Waals surface area (Å²) < 4.78 is 5.62. The number of benzene rings is 2. The molecular formula is C26H33N3O4. The van der Waals surface area contributed by atoms with Crippen LogP contribution in [-0.2, 0) is 20.9 Å². The van der Waals surface area contributed by atoms with Crippen molar-refractivity contribution in [1.29, 1.82) is 0 Å². The highest BCUT2D eigenvalue weighted by Gasteiger charge is 2.28. The zero-order valence-electron chi connectivity index (χ0n) is 19.2. The number of carbonyl (C=O) groups is 3. The predicted molar refractivity (Wildman–Crippen MR) is 128 cm³/mol. The van der Waals surface area contributed by atoms with Crippen LogP contribution >= 0.6 is 0 Å². The van der Waals surface area contributed by atoms with E-state index in [4.69, 9.17) is 4.74 Å². The smallest absolute Gasteiger partial charge is 0.226 e. The fraction of sp³-hybridized carbons (Fsp3) is 0.423. The number of ether oxygens (including phenoxy) is 1. The summed E-state index contributed by atoms with van der Waals surface area (Å²) in [6.07, 6.45) is 3.19. The van der Waals surface area contributed by atoms with E-state index in [1.807, 2.05) is 61.5 Å². The largest absolute Gasteiger partial charge is 0.493 e. The topological polar surface area (TPSA) is 87.7 Å². The van der Waals surface area contributed by atoms with E-state index in [0.717, 1.165) is 36.3 Å². The highest BCUT2D eigenvalue weighted by molar-refractivity contribution is 5.90. The van der Waals surface area contributed by atoms with Crippen LogP contribution < -0.4 is 15.4 Å². The number of amides is 3. The van der Waals surface area contributed by atoms with Gasteiger partial charge in [-0.25, -0.2) is 0 Å². The summed E-state index contributed by atoms with van der Waals surface area (Å²) in [5.41, 5.74) is 1.71. The Morgan fingerprint density at radius 2 is 1.79 bits per heavy atom. The van der Waals surface area contributed by atoms with Crippen molar-refractivity contribution in [2.24, 2.45) is 5.92 Å². The molecule has 1 unspecified atom stereocenters. The van der Waals surface area contributed by atoms with Gasteiger partial charge in [0, 0.05) is 31.7 Å². The fourth-order valence-electron chi connectivity index (χ4n) is 3.84. The van der Waals surface area contributed by atoms with Crippen molar-refractivity contribution in [3.63, 3.8) is 0 Å². The molecule has 2 aromatic rings. The molecule has 3 amide bonds. The van der Waals surface area contributed by atoms with Gasteiger partial charge in [0.15, 0.2) is 0 Å². The normalized spacial score (nSPS) is 15.5. The number of hydrogen-bond donors (Lipinski definition) is 2. The maximum atomic E-state index is 12.7. The lowest BCUT2D eigenvalue weighted by molar-refractivity contribution is -0.136. The van der Waals surface area contributed by atoms with Gasteiger partial charge in [-0.1, -0.05) is 37.3 Å². The Kier molecular flexibility index (Phi) is 9.30. The quantitative estimate of drug-likeness (QED) is 0.576. The zero-order valence-corrected chi connectivity index (χ0v) is 19.2. The first-order valence-corrected chi connectivity index (χ1v) is 11.7. The van der Waals surface area contributed by atoms with Gasteiger partial charge < -0.3 is 20.3 Å². The van der Waals surface area contributed by atoms with Crippen LogP contribution in [0.4, 0.5) is 5.69 Å². The number of nitrogens with zero attached hydrogens (tertiary/aromatic N) is 1. The molecule has 2 aromatic carbocycles. The number of para-hydroxylation sites is 1. The Bertz CT molecular complexity index is 915. The van der Waals surface area contributed by atoms with E-state index in [-0.39, 0.29) is 23.6 Å². The first-order valence-electron chi connectivity index (χ1n) is 11.7. The van der Waals surface area contributed by atoms with E-state index in [0.29, 0.717) is 39.1 Å². The first-order chi connectivity index (χ1) is 16.0. The van der Waals surface area contributed by atoms with E-state index in [1.165, 1.54) is 0 Å². The number of likely N-dealkylation sites (tertiary alicyclic amines) is 1. The molecule has 0 aromatic heterocycles. The minimum absolute atomic E-state index is 0.00146. The van der Waals surface area contributed by atoms with Crippen molar-refractivity contribution >= 4 is 23.4 Å². The van der Waals surface area contributed by atoms with Crippen LogP contribution in [0.3, 0.4) is 0 Å². The average molecular weight is 452 g/mol. The number of anilines is 1. The third kappa shape index (κ3) is 7.93.